The number of rotatable bonds is 18. The minimum atomic E-state index is -4.64. The predicted molar refractivity (Wildman–Crippen MR) is 166 cm³/mol. The van der Waals surface area contributed by atoms with Gasteiger partial charge in [-0.1, -0.05) is 114 Å². The van der Waals surface area contributed by atoms with E-state index in [4.69, 9.17) is 14.5 Å². The van der Waals surface area contributed by atoms with Crippen LogP contribution in [-0.2, 0) is 14.5 Å². The topological polar surface area (TPSA) is 61.8 Å². The van der Waals surface area contributed by atoms with Crippen molar-refractivity contribution in [3.63, 3.8) is 0 Å². The second-order valence-corrected chi connectivity index (χ2v) is 10.9. The summed E-state index contributed by atoms with van der Waals surface area (Å²) in [6.07, 6.45) is 2.14. The van der Waals surface area contributed by atoms with Crippen molar-refractivity contribution in [1.82, 2.24) is 0 Å². The molecule has 5 nitrogen and oxygen atoms in total. The Hall–Kier alpha value is -3.65. The molecular formula is C36H43F3O5. The van der Waals surface area contributed by atoms with Crippen molar-refractivity contribution in [2.45, 2.75) is 96.8 Å². The zero-order valence-corrected chi connectivity index (χ0v) is 25.7. The van der Waals surface area contributed by atoms with E-state index in [0.29, 0.717) is 30.6 Å². The number of unbranched alkanes of at least 4 members (excludes halogenated alkanes) is 8. The molecule has 0 radical (unpaired) electrons. The van der Waals surface area contributed by atoms with Crippen LogP contribution in [0.1, 0.15) is 105 Å². The fourth-order valence-electron chi connectivity index (χ4n) is 4.89. The molecule has 0 aliphatic heterocycles. The summed E-state index contributed by atoms with van der Waals surface area (Å²) in [5.74, 6) is -1.66. The summed E-state index contributed by atoms with van der Waals surface area (Å²) in [5.41, 5.74) is 3.37. The van der Waals surface area contributed by atoms with Crippen molar-refractivity contribution in [2.75, 3.05) is 6.61 Å². The van der Waals surface area contributed by atoms with Gasteiger partial charge in [0.05, 0.1) is 17.7 Å². The second-order valence-electron chi connectivity index (χ2n) is 10.9. The highest BCUT2D eigenvalue weighted by Crippen LogP contribution is 2.34. The molecule has 0 saturated heterocycles. The molecule has 0 spiro atoms. The molecule has 0 aliphatic rings. The van der Waals surface area contributed by atoms with Gasteiger partial charge in [-0.3, -0.25) is 4.89 Å². The highest BCUT2D eigenvalue weighted by atomic mass is 19.4. The number of carbonyl (C=O) groups is 2. The first-order valence-electron chi connectivity index (χ1n) is 15.7. The van der Waals surface area contributed by atoms with E-state index in [2.05, 4.69) is 6.92 Å². The van der Waals surface area contributed by atoms with E-state index in [9.17, 15) is 22.8 Å². The Labute approximate surface area is 258 Å². The monoisotopic (exact) mass is 612 g/mol. The molecule has 0 unspecified atom stereocenters. The van der Waals surface area contributed by atoms with Crippen LogP contribution >= 0.6 is 0 Å². The molecule has 1 atom stereocenters. The predicted octanol–water partition coefficient (Wildman–Crippen LogP) is 10.5. The maximum absolute atomic E-state index is 13.5. The van der Waals surface area contributed by atoms with Crippen molar-refractivity contribution in [2.24, 2.45) is 0 Å². The Kier molecular flexibility index (Phi) is 14.4. The number of halogens is 3. The minimum absolute atomic E-state index is 0.0106. The number of ether oxygens (including phenoxy) is 1. The molecule has 3 aromatic rings. The lowest BCUT2D eigenvalue weighted by Gasteiger charge is -2.21. The third kappa shape index (κ3) is 11.1. The standard InChI is InChI=1S/C36H43F3O5/c1-3-5-7-9-10-15-25-42-44-35(41)30-23-24-31(27-16-12-11-13-17-27)32(26-30)28-19-21-29(22-20-28)34(40)43-33(36(37,38)39)18-14-8-6-4-2/h11-13,16-17,19-24,26,33H,3-10,14-15,18,25H2,1-2H3/t33-/m1/s1. The summed E-state index contributed by atoms with van der Waals surface area (Å²) in [4.78, 5) is 35.7. The van der Waals surface area contributed by atoms with E-state index in [1.165, 1.54) is 31.4 Å². The van der Waals surface area contributed by atoms with Crippen LogP contribution in [0.25, 0.3) is 22.3 Å². The first kappa shape index (κ1) is 34.8. The van der Waals surface area contributed by atoms with Gasteiger partial charge in [0, 0.05) is 0 Å². The highest BCUT2D eigenvalue weighted by Gasteiger charge is 2.42. The van der Waals surface area contributed by atoms with Gasteiger partial charge < -0.3 is 4.74 Å². The number of esters is 1. The van der Waals surface area contributed by atoms with Gasteiger partial charge in [-0.05, 0) is 65.8 Å². The van der Waals surface area contributed by atoms with E-state index in [-0.39, 0.29) is 17.5 Å². The number of carbonyl (C=O) groups excluding carboxylic acids is 2. The van der Waals surface area contributed by atoms with Crippen LogP contribution < -0.4 is 0 Å². The summed E-state index contributed by atoms with van der Waals surface area (Å²) in [6.45, 7) is 4.46. The number of benzene rings is 3. The van der Waals surface area contributed by atoms with Gasteiger partial charge in [0.15, 0.2) is 6.10 Å². The average molecular weight is 613 g/mol. The summed E-state index contributed by atoms with van der Waals surface area (Å²) in [7, 11) is 0. The summed E-state index contributed by atoms with van der Waals surface area (Å²) in [6, 6.07) is 20.8. The lowest BCUT2D eigenvalue weighted by molar-refractivity contribution is -0.241. The van der Waals surface area contributed by atoms with Gasteiger partial charge >= 0.3 is 18.1 Å². The molecule has 0 amide bonds. The fourth-order valence-corrected chi connectivity index (χ4v) is 4.89. The average Bonchev–Trinajstić information content (AvgIpc) is 3.03. The summed E-state index contributed by atoms with van der Waals surface area (Å²) in [5, 5.41) is 0. The number of hydrogen-bond donors (Lipinski definition) is 0. The lowest BCUT2D eigenvalue weighted by Crippen LogP contribution is -2.33. The molecule has 0 heterocycles. The molecule has 8 heteroatoms. The van der Waals surface area contributed by atoms with Gasteiger partial charge in [-0.25, -0.2) is 9.59 Å². The Balaban J connectivity index is 1.74. The molecule has 0 aromatic heterocycles. The summed E-state index contributed by atoms with van der Waals surface area (Å²) < 4.78 is 45.6. The van der Waals surface area contributed by atoms with Crippen molar-refractivity contribution < 1.29 is 37.3 Å². The van der Waals surface area contributed by atoms with Crippen LogP contribution in [0, 0.1) is 0 Å². The molecule has 0 aliphatic carbocycles. The van der Waals surface area contributed by atoms with Crippen LogP contribution in [0.2, 0.25) is 0 Å². The first-order valence-corrected chi connectivity index (χ1v) is 15.7. The second kappa shape index (κ2) is 18.2. The van der Waals surface area contributed by atoms with Crippen molar-refractivity contribution in [3.05, 3.63) is 83.9 Å². The maximum Gasteiger partial charge on any atom is 0.425 e. The van der Waals surface area contributed by atoms with Crippen LogP contribution in [0.4, 0.5) is 13.2 Å². The van der Waals surface area contributed by atoms with Crippen molar-refractivity contribution in [3.8, 4) is 22.3 Å². The molecule has 238 valence electrons. The van der Waals surface area contributed by atoms with E-state index in [1.807, 2.05) is 43.3 Å². The summed E-state index contributed by atoms with van der Waals surface area (Å²) >= 11 is 0. The highest BCUT2D eigenvalue weighted by molar-refractivity contribution is 5.95. The molecule has 3 rings (SSSR count). The van der Waals surface area contributed by atoms with Gasteiger partial charge in [0.25, 0.3) is 0 Å². The van der Waals surface area contributed by atoms with Crippen LogP contribution in [0.5, 0.6) is 0 Å². The fraction of sp³-hybridized carbons (Fsp3) is 0.444. The van der Waals surface area contributed by atoms with Crippen LogP contribution in [0.3, 0.4) is 0 Å². The molecule has 0 fully saturated rings. The van der Waals surface area contributed by atoms with Gasteiger partial charge in [0.1, 0.15) is 0 Å². The van der Waals surface area contributed by atoms with Crippen molar-refractivity contribution in [1.29, 1.82) is 0 Å². The van der Waals surface area contributed by atoms with Gasteiger partial charge in [-0.15, -0.1) is 0 Å². The van der Waals surface area contributed by atoms with Gasteiger partial charge in [-0.2, -0.15) is 18.1 Å². The van der Waals surface area contributed by atoms with Gasteiger partial charge in [0.2, 0.25) is 0 Å². The molecule has 0 bridgehead atoms. The molecule has 44 heavy (non-hydrogen) atoms. The largest absolute Gasteiger partial charge is 0.449 e. The SMILES string of the molecule is CCCCCCCCOOC(=O)c1ccc(-c2ccccc2)c(-c2ccc(C(=O)O[C@H](CCCCCC)C(F)(F)F)cc2)c1. The first-order chi connectivity index (χ1) is 21.2. The zero-order chi connectivity index (χ0) is 31.8. The Morgan fingerprint density at radius 1 is 0.659 bits per heavy atom. The Morgan fingerprint density at radius 3 is 1.91 bits per heavy atom. The normalized spacial score (nSPS) is 12.1. The van der Waals surface area contributed by atoms with E-state index in [1.54, 1.807) is 24.3 Å². The van der Waals surface area contributed by atoms with E-state index in [0.717, 1.165) is 43.2 Å². The van der Waals surface area contributed by atoms with Crippen LogP contribution in [-0.4, -0.2) is 30.8 Å². The van der Waals surface area contributed by atoms with Crippen molar-refractivity contribution >= 4 is 11.9 Å². The number of hydrogen-bond acceptors (Lipinski definition) is 5. The zero-order valence-electron chi connectivity index (χ0n) is 25.7. The third-order valence-corrected chi connectivity index (χ3v) is 7.42. The quantitative estimate of drug-likeness (QED) is 0.0619. The third-order valence-electron chi connectivity index (χ3n) is 7.42. The number of alkyl halides is 3. The Bertz CT molecular complexity index is 1290. The van der Waals surface area contributed by atoms with Crippen LogP contribution in [0.15, 0.2) is 72.8 Å². The molecule has 3 aromatic carbocycles. The maximum atomic E-state index is 13.5. The smallest absolute Gasteiger partial charge is 0.425 e. The van der Waals surface area contributed by atoms with E-state index >= 15 is 0 Å². The molecular weight excluding hydrogens is 569 g/mol. The molecule has 0 saturated carbocycles. The minimum Gasteiger partial charge on any atom is -0.449 e. The molecule has 0 N–H and O–H groups in total. The van der Waals surface area contributed by atoms with E-state index < -0.39 is 24.2 Å². The lowest BCUT2D eigenvalue weighted by atomic mass is 9.92. The Morgan fingerprint density at radius 2 is 1.25 bits per heavy atom.